The summed E-state index contributed by atoms with van der Waals surface area (Å²) in [7, 11) is 0. The van der Waals surface area contributed by atoms with Crippen LogP contribution in [0.4, 0.5) is 0 Å². The molecule has 4 heteroatoms. The Morgan fingerprint density at radius 2 is 0.930 bits per heavy atom. The fraction of sp³-hybridized carbons (Fsp3) is 0. The van der Waals surface area contributed by atoms with Gasteiger partial charge in [0, 0.05) is 67.9 Å². The van der Waals surface area contributed by atoms with Crippen molar-refractivity contribution in [1.29, 1.82) is 0 Å². The molecule has 0 unspecified atom stereocenters. The third-order valence-corrected chi connectivity index (χ3v) is 13.7. The zero-order valence-corrected chi connectivity index (χ0v) is 32.3. The van der Waals surface area contributed by atoms with Crippen LogP contribution in [0, 0.1) is 0 Å². The summed E-state index contributed by atoms with van der Waals surface area (Å²) in [6.07, 6.45) is 0. The Balaban J connectivity index is 1.05. The second-order valence-electron chi connectivity index (χ2n) is 14.7. The van der Waals surface area contributed by atoms with Crippen molar-refractivity contribution < 1.29 is 0 Å². The first-order valence-electron chi connectivity index (χ1n) is 19.3. The molecule has 266 valence electrons. The molecule has 0 fully saturated rings. The molecular weight excluding hydrogens is 729 g/mol. The van der Waals surface area contributed by atoms with Gasteiger partial charge >= 0.3 is 0 Å². The second-order valence-corrected chi connectivity index (χ2v) is 16.9. The van der Waals surface area contributed by atoms with E-state index >= 15 is 0 Å². The van der Waals surface area contributed by atoms with E-state index in [9.17, 15) is 0 Å². The van der Waals surface area contributed by atoms with E-state index in [0.29, 0.717) is 0 Å². The zero-order chi connectivity index (χ0) is 37.5. The van der Waals surface area contributed by atoms with Crippen LogP contribution in [0.3, 0.4) is 0 Å². The number of thiophene rings is 2. The molecule has 0 atom stereocenters. The minimum Gasteiger partial charge on any atom is -0.309 e. The Morgan fingerprint density at radius 3 is 1.75 bits per heavy atom. The van der Waals surface area contributed by atoms with E-state index in [1.165, 1.54) is 78.8 Å². The van der Waals surface area contributed by atoms with Gasteiger partial charge in [-0.1, -0.05) is 133 Å². The molecule has 4 heterocycles. The number of para-hydroxylation sites is 1. The fourth-order valence-corrected chi connectivity index (χ4v) is 11.1. The molecule has 4 aromatic heterocycles. The molecule has 57 heavy (non-hydrogen) atoms. The molecule has 0 aliphatic carbocycles. The summed E-state index contributed by atoms with van der Waals surface area (Å²) in [5.74, 6) is 0. The van der Waals surface area contributed by atoms with Crippen molar-refractivity contribution in [2.24, 2.45) is 0 Å². The number of rotatable bonds is 5. The first-order valence-corrected chi connectivity index (χ1v) is 20.9. The van der Waals surface area contributed by atoms with Crippen LogP contribution in [0.25, 0.3) is 113 Å². The number of benzene rings is 8. The monoisotopic (exact) mass is 760 g/mol. The normalized spacial score (nSPS) is 11.9. The van der Waals surface area contributed by atoms with Crippen molar-refractivity contribution in [3.63, 3.8) is 0 Å². The van der Waals surface area contributed by atoms with Crippen LogP contribution in [0.15, 0.2) is 194 Å². The summed E-state index contributed by atoms with van der Waals surface area (Å²) in [4.78, 5) is 5.44. The van der Waals surface area contributed by atoms with E-state index in [2.05, 4.69) is 199 Å². The van der Waals surface area contributed by atoms with Crippen molar-refractivity contribution in [3.8, 4) is 50.5 Å². The van der Waals surface area contributed by atoms with E-state index in [1.54, 1.807) is 0 Å². The Morgan fingerprint density at radius 1 is 0.333 bits per heavy atom. The average molecular weight is 761 g/mol. The molecule has 0 amide bonds. The van der Waals surface area contributed by atoms with Crippen LogP contribution < -0.4 is 0 Å². The number of pyridine rings is 1. The van der Waals surface area contributed by atoms with Gasteiger partial charge in [0.1, 0.15) is 0 Å². The Hall–Kier alpha value is -6.85. The minimum atomic E-state index is 0.943. The van der Waals surface area contributed by atoms with Gasteiger partial charge in [-0.05, 0) is 82.9 Å². The van der Waals surface area contributed by atoms with Gasteiger partial charge in [-0.15, -0.1) is 22.7 Å². The van der Waals surface area contributed by atoms with Gasteiger partial charge in [-0.25, -0.2) is 4.98 Å². The van der Waals surface area contributed by atoms with Gasteiger partial charge < -0.3 is 4.57 Å². The highest BCUT2D eigenvalue weighted by Gasteiger charge is 2.18. The highest BCUT2D eigenvalue weighted by atomic mass is 32.1. The summed E-state index contributed by atoms with van der Waals surface area (Å²) < 4.78 is 7.70. The lowest BCUT2D eigenvalue weighted by Gasteiger charge is -2.13. The van der Waals surface area contributed by atoms with Crippen LogP contribution in [0.1, 0.15) is 0 Å². The second kappa shape index (κ2) is 12.9. The number of aromatic nitrogens is 2. The van der Waals surface area contributed by atoms with Crippen LogP contribution in [-0.4, -0.2) is 9.55 Å². The molecule has 0 spiro atoms. The average Bonchev–Trinajstić information content (AvgIpc) is 3.96. The summed E-state index contributed by atoms with van der Waals surface area (Å²) in [6.45, 7) is 0. The lowest BCUT2D eigenvalue weighted by molar-refractivity contribution is 1.18. The van der Waals surface area contributed by atoms with Crippen molar-refractivity contribution in [3.05, 3.63) is 194 Å². The Bertz CT molecular complexity index is 3530. The highest BCUT2D eigenvalue weighted by molar-refractivity contribution is 7.27. The van der Waals surface area contributed by atoms with Gasteiger partial charge in [0.2, 0.25) is 0 Å². The maximum Gasteiger partial charge on any atom is 0.0716 e. The standard InChI is InChI=1S/C53H32N2S2/c1-2-12-33(13-3-1)34-14-10-15-36(28-34)45-30-38(35-24-25-42-40-18-5-8-22-49(40)56-51(42)32-35)31-46(54-45)37-16-11-17-39(29-37)55-47-21-7-4-20-44(47)52-48(55)27-26-43-41-19-6-9-23-50(41)57-53(43)52/h1-32H. The van der Waals surface area contributed by atoms with E-state index < -0.39 is 0 Å². The smallest absolute Gasteiger partial charge is 0.0716 e. The molecule has 0 saturated heterocycles. The molecule has 0 bridgehead atoms. The number of fused-ring (bicyclic) bond motifs is 10. The predicted molar refractivity (Wildman–Crippen MR) is 246 cm³/mol. The fourth-order valence-electron chi connectivity index (χ4n) is 8.70. The maximum atomic E-state index is 5.44. The van der Waals surface area contributed by atoms with Gasteiger partial charge in [-0.2, -0.15) is 0 Å². The number of hydrogen-bond acceptors (Lipinski definition) is 3. The summed E-state index contributed by atoms with van der Waals surface area (Å²) in [5.41, 5.74) is 12.3. The predicted octanol–water partition coefficient (Wildman–Crippen LogP) is 15.6. The van der Waals surface area contributed by atoms with Gasteiger partial charge in [-0.3, -0.25) is 0 Å². The van der Waals surface area contributed by atoms with Crippen LogP contribution in [0.5, 0.6) is 0 Å². The first-order chi connectivity index (χ1) is 28.2. The molecule has 2 nitrogen and oxygen atoms in total. The Kier molecular flexibility index (Phi) is 7.31. The van der Waals surface area contributed by atoms with Gasteiger partial charge in [0.25, 0.3) is 0 Å². The van der Waals surface area contributed by atoms with E-state index in [4.69, 9.17) is 4.98 Å². The third kappa shape index (κ3) is 5.26. The van der Waals surface area contributed by atoms with Crippen LogP contribution in [-0.2, 0) is 0 Å². The van der Waals surface area contributed by atoms with Crippen LogP contribution in [0.2, 0.25) is 0 Å². The molecular formula is C53H32N2S2. The molecule has 0 aliphatic rings. The quantitative estimate of drug-likeness (QED) is 0.171. The van der Waals surface area contributed by atoms with E-state index in [-0.39, 0.29) is 0 Å². The SMILES string of the molecule is c1ccc(-c2cccc(-c3cc(-c4ccc5c(c4)sc4ccccc45)cc(-c4cccc(-n5c6ccccc6c6c7sc8ccccc8c7ccc65)c4)n3)c2)cc1. The van der Waals surface area contributed by atoms with E-state index in [0.717, 1.165) is 33.8 Å². The molecule has 12 aromatic rings. The molecule has 0 radical (unpaired) electrons. The Labute approximate surface area is 337 Å². The molecule has 8 aromatic carbocycles. The van der Waals surface area contributed by atoms with E-state index in [1.807, 2.05) is 22.7 Å². The molecule has 0 saturated carbocycles. The lowest BCUT2D eigenvalue weighted by atomic mass is 9.97. The maximum absolute atomic E-state index is 5.44. The van der Waals surface area contributed by atoms with Crippen molar-refractivity contribution in [1.82, 2.24) is 9.55 Å². The first kappa shape index (κ1) is 32.4. The highest BCUT2D eigenvalue weighted by Crippen LogP contribution is 2.44. The summed E-state index contributed by atoms with van der Waals surface area (Å²) >= 11 is 3.75. The van der Waals surface area contributed by atoms with Crippen LogP contribution >= 0.6 is 22.7 Å². The largest absolute Gasteiger partial charge is 0.309 e. The van der Waals surface area contributed by atoms with Crippen molar-refractivity contribution in [2.75, 3.05) is 0 Å². The third-order valence-electron chi connectivity index (χ3n) is 11.4. The summed E-state index contributed by atoms with van der Waals surface area (Å²) in [6, 6.07) is 70.7. The summed E-state index contributed by atoms with van der Waals surface area (Å²) in [5, 5.41) is 7.84. The molecule has 12 rings (SSSR count). The number of nitrogens with zero attached hydrogens (tertiary/aromatic N) is 2. The van der Waals surface area contributed by atoms with Gasteiger partial charge in [0.05, 0.1) is 22.4 Å². The number of hydrogen-bond donors (Lipinski definition) is 0. The molecule has 0 N–H and O–H groups in total. The lowest BCUT2D eigenvalue weighted by Crippen LogP contribution is -1.96. The van der Waals surface area contributed by atoms with Crippen molar-refractivity contribution in [2.45, 2.75) is 0 Å². The minimum absolute atomic E-state index is 0.943. The zero-order valence-electron chi connectivity index (χ0n) is 30.7. The van der Waals surface area contributed by atoms with Gasteiger partial charge in [0.15, 0.2) is 0 Å². The molecule has 0 aliphatic heterocycles. The topological polar surface area (TPSA) is 17.8 Å². The van der Waals surface area contributed by atoms with Crippen molar-refractivity contribution >= 4 is 84.8 Å².